The number of nitrogens with zero attached hydrogens (tertiary/aromatic N) is 2. The first kappa shape index (κ1) is 27.0. The summed E-state index contributed by atoms with van der Waals surface area (Å²) in [5, 5.41) is 0. The van der Waals surface area contributed by atoms with Crippen LogP contribution in [0, 0.1) is 11.6 Å². The molecule has 0 radical (unpaired) electrons. The van der Waals surface area contributed by atoms with Crippen LogP contribution in [0.1, 0.15) is 11.1 Å². The van der Waals surface area contributed by atoms with Crippen molar-refractivity contribution < 1.29 is 18.3 Å². The molecular formula is C34H31F2N3O2. The summed E-state index contributed by atoms with van der Waals surface area (Å²) < 4.78 is 41.3. The van der Waals surface area contributed by atoms with Crippen LogP contribution in [0.3, 0.4) is 0 Å². The summed E-state index contributed by atoms with van der Waals surface area (Å²) in [6.07, 6.45) is 0.905. The molecule has 0 unspecified atom stereocenters. The molecule has 5 aromatic rings. The number of imidazole rings is 1. The van der Waals surface area contributed by atoms with Gasteiger partial charge in [-0.05, 0) is 83.3 Å². The lowest BCUT2D eigenvalue weighted by Gasteiger charge is -2.15. The van der Waals surface area contributed by atoms with E-state index in [2.05, 4.69) is 47.0 Å². The van der Waals surface area contributed by atoms with Gasteiger partial charge in [0.2, 0.25) is 0 Å². The highest BCUT2D eigenvalue weighted by Gasteiger charge is 2.24. The highest BCUT2D eigenvalue weighted by molar-refractivity contribution is 5.85. The Bertz CT molecular complexity index is 1650. The second kappa shape index (κ2) is 12.1. The fourth-order valence-electron chi connectivity index (χ4n) is 5.42. The number of rotatable bonds is 11. The van der Waals surface area contributed by atoms with E-state index in [1.54, 1.807) is 24.3 Å². The minimum absolute atomic E-state index is 0.318. The molecular weight excluding hydrogens is 520 g/mol. The molecule has 4 aromatic carbocycles. The standard InChI is InChI=1S/C34H31F2N3O2/c35-28-11-7-23(8-12-28)32-33(24-9-13-29(36)14-10-24)39(16-18-41-20-19-40-17-15-37)34(38-32)27-6-5-26-21-25-3-1-2-4-30(25)31(26)22-27/h1-14,22H,15-21,37H2. The molecule has 1 aliphatic carbocycles. The predicted molar refractivity (Wildman–Crippen MR) is 157 cm³/mol. The molecule has 0 atom stereocenters. The van der Waals surface area contributed by atoms with Gasteiger partial charge < -0.3 is 19.8 Å². The van der Waals surface area contributed by atoms with Crippen LogP contribution >= 0.6 is 0 Å². The third-order valence-corrected chi connectivity index (χ3v) is 7.35. The molecule has 0 fully saturated rings. The Labute approximate surface area is 238 Å². The summed E-state index contributed by atoms with van der Waals surface area (Å²) in [6.45, 7) is 2.78. The second-order valence-electron chi connectivity index (χ2n) is 10.0. The molecule has 0 aliphatic heterocycles. The fourth-order valence-corrected chi connectivity index (χ4v) is 5.42. The Balaban J connectivity index is 1.46. The number of halogens is 2. The van der Waals surface area contributed by atoms with E-state index in [4.69, 9.17) is 20.2 Å². The molecule has 0 spiro atoms. The van der Waals surface area contributed by atoms with Crippen LogP contribution in [0.15, 0.2) is 91.0 Å². The van der Waals surface area contributed by atoms with Crippen LogP contribution < -0.4 is 5.73 Å². The summed E-state index contributed by atoms with van der Waals surface area (Å²) in [6, 6.07) is 27.6. The van der Waals surface area contributed by atoms with Crippen molar-refractivity contribution in [3.8, 4) is 45.0 Å². The Morgan fingerprint density at radius 3 is 2.05 bits per heavy atom. The fraction of sp³-hybridized carbons (Fsp3) is 0.206. The molecule has 0 bridgehead atoms. The van der Waals surface area contributed by atoms with E-state index in [0.29, 0.717) is 45.2 Å². The first-order chi connectivity index (χ1) is 20.1. The van der Waals surface area contributed by atoms with Crippen molar-refractivity contribution >= 4 is 0 Å². The predicted octanol–water partition coefficient (Wildman–Crippen LogP) is 6.73. The van der Waals surface area contributed by atoms with Crippen LogP contribution in [0.25, 0.3) is 45.0 Å². The summed E-state index contributed by atoms with van der Waals surface area (Å²) in [7, 11) is 0. The van der Waals surface area contributed by atoms with Crippen molar-refractivity contribution in [3.05, 3.63) is 114 Å². The van der Waals surface area contributed by atoms with E-state index in [1.807, 2.05) is 0 Å². The van der Waals surface area contributed by atoms with Crippen molar-refractivity contribution in [2.24, 2.45) is 5.73 Å². The number of aromatic nitrogens is 2. The van der Waals surface area contributed by atoms with Gasteiger partial charge >= 0.3 is 0 Å². The largest absolute Gasteiger partial charge is 0.378 e. The van der Waals surface area contributed by atoms with Crippen LogP contribution in [0.5, 0.6) is 0 Å². The zero-order valence-corrected chi connectivity index (χ0v) is 22.7. The monoisotopic (exact) mass is 551 g/mol. The first-order valence-electron chi connectivity index (χ1n) is 13.8. The van der Waals surface area contributed by atoms with Crippen LogP contribution in [-0.2, 0) is 22.4 Å². The average molecular weight is 552 g/mol. The number of hydrogen-bond acceptors (Lipinski definition) is 4. The summed E-state index contributed by atoms with van der Waals surface area (Å²) in [5.74, 6) is 0.125. The normalized spacial score (nSPS) is 12.0. The molecule has 1 heterocycles. The third-order valence-electron chi connectivity index (χ3n) is 7.35. The lowest BCUT2D eigenvalue weighted by molar-refractivity contribution is 0.0479. The molecule has 0 amide bonds. The van der Waals surface area contributed by atoms with Crippen LogP contribution in [-0.4, -0.2) is 42.5 Å². The topological polar surface area (TPSA) is 62.3 Å². The van der Waals surface area contributed by atoms with E-state index in [9.17, 15) is 8.78 Å². The van der Waals surface area contributed by atoms with E-state index < -0.39 is 0 Å². The average Bonchev–Trinajstić information content (AvgIpc) is 3.56. The maximum Gasteiger partial charge on any atom is 0.141 e. The molecule has 1 aliphatic rings. The second-order valence-corrected chi connectivity index (χ2v) is 10.0. The summed E-state index contributed by atoms with van der Waals surface area (Å²) in [5.41, 5.74) is 14.6. The Hall–Kier alpha value is -4.17. The number of fused-ring (bicyclic) bond motifs is 3. The van der Waals surface area contributed by atoms with Crippen molar-refractivity contribution in [1.29, 1.82) is 0 Å². The van der Waals surface area contributed by atoms with Crippen molar-refractivity contribution in [2.75, 3.05) is 33.0 Å². The van der Waals surface area contributed by atoms with Crippen LogP contribution in [0.4, 0.5) is 8.78 Å². The molecule has 0 saturated carbocycles. The lowest BCUT2D eigenvalue weighted by atomic mass is 10.0. The molecule has 7 heteroatoms. The quantitative estimate of drug-likeness (QED) is 0.182. The van der Waals surface area contributed by atoms with Gasteiger partial charge in [0.15, 0.2) is 0 Å². The Kier molecular flexibility index (Phi) is 8.00. The minimum atomic E-state index is -0.320. The third kappa shape index (κ3) is 5.70. The van der Waals surface area contributed by atoms with Gasteiger partial charge in [0.25, 0.3) is 0 Å². The van der Waals surface area contributed by atoms with E-state index >= 15 is 0 Å². The molecule has 0 saturated heterocycles. The van der Waals surface area contributed by atoms with E-state index in [0.717, 1.165) is 34.6 Å². The smallest absolute Gasteiger partial charge is 0.141 e. The van der Waals surface area contributed by atoms with Gasteiger partial charge in [-0.1, -0.05) is 36.4 Å². The summed E-state index contributed by atoms with van der Waals surface area (Å²) >= 11 is 0. The van der Waals surface area contributed by atoms with Gasteiger partial charge in [0.05, 0.1) is 37.8 Å². The van der Waals surface area contributed by atoms with Gasteiger partial charge in [-0.15, -0.1) is 0 Å². The Morgan fingerprint density at radius 1 is 0.683 bits per heavy atom. The van der Waals surface area contributed by atoms with Gasteiger partial charge in [-0.25, -0.2) is 13.8 Å². The zero-order chi connectivity index (χ0) is 28.2. The molecule has 41 heavy (non-hydrogen) atoms. The molecule has 1 aromatic heterocycles. The molecule has 2 N–H and O–H groups in total. The maximum absolute atomic E-state index is 14.0. The SMILES string of the molecule is NCCOCCOCCn1c(-c2ccc3c(c2)-c2ccccc2C3)nc(-c2ccc(F)cc2)c1-c1ccc(F)cc1. The Morgan fingerprint density at radius 2 is 1.32 bits per heavy atom. The van der Waals surface area contributed by atoms with Crippen molar-refractivity contribution in [3.63, 3.8) is 0 Å². The van der Waals surface area contributed by atoms with Gasteiger partial charge in [-0.2, -0.15) is 0 Å². The zero-order valence-electron chi connectivity index (χ0n) is 22.7. The van der Waals surface area contributed by atoms with Gasteiger partial charge in [0, 0.05) is 29.8 Å². The molecule has 5 nitrogen and oxygen atoms in total. The molecule has 208 valence electrons. The number of hydrogen-bond donors (Lipinski definition) is 1. The number of ether oxygens (including phenoxy) is 2. The highest BCUT2D eigenvalue weighted by atomic mass is 19.1. The maximum atomic E-state index is 14.0. The first-order valence-corrected chi connectivity index (χ1v) is 13.8. The van der Waals surface area contributed by atoms with E-state index in [-0.39, 0.29) is 11.6 Å². The van der Waals surface area contributed by atoms with Gasteiger partial charge in [-0.3, -0.25) is 0 Å². The van der Waals surface area contributed by atoms with E-state index in [1.165, 1.54) is 46.5 Å². The number of benzene rings is 4. The minimum Gasteiger partial charge on any atom is -0.378 e. The van der Waals surface area contributed by atoms with Crippen molar-refractivity contribution in [2.45, 2.75) is 13.0 Å². The number of nitrogens with two attached hydrogens (primary N) is 1. The summed E-state index contributed by atoms with van der Waals surface area (Å²) in [4.78, 5) is 5.15. The van der Waals surface area contributed by atoms with Crippen LogP contribution in [0.2, 0.25) is 0 Å². The lowest BCUT2D eigenvalue weighted by Crippen LogP contribution is -2.14. The molecule has 6 rings (SSSR count). The van der Waals surface area contributed by atoms with Crippen molar-refractivity contribution in [1.82, 2.24) is 9.55 Å². The van der Waals surface area contributed by atoms with Gasteiger partial charge in [0.1, 0.15) is 17.5 Å². The highest BCUT2D eigenvalue weighted by Crippen LogP contribution is 2.41.